The molecule has 3 rings (SSSR count). The third-order valence-electron chi connectivity index (χ3n) is 3.14. The van der Waals surface area contributed by atoms with Gasteiger partial charge in [-0.2, -0.15) is 18.4 Å². The Labute approximate surface area is 142 Å². The molecule has 0 bridgehead atoms. The minimum Gasteiger partial charge on any atom is -0.348 e. The molecule has 7 nitrogen and oxygen atoms in total. The number of thioether (sulfide) groups is 1. The van der Waals surface area contributed by atoms with Crippen molar-refractivity contribution in [3.8, 4) is 6.07 Å². The minimum atomic E-state index is -4.66. The number of anilines is 1. The van der Waals surface area contributed by atoms with Crippen LogP contribution in [0.25, 0.3) is 5.57 Å². The molecule has 0 radical (unpaired) electrons. The first-order valence-electron chi connectivity index (χ1n) is 6.58. The van der Waals surface area contributed by atoms with Crippen molar-refractivity contribution >= 4 is 28.7 Å². The molecule has 1 aliphatic rings. The molecule has 25 heavy (non-hydrogen) atoms. The maximum Gasteiger partial charge on any atom is 0.433 e. The van der Waals surface area contributed by atoms with Gasteiger partial charge in [-0.25, -0.2) is 9.97 Å². The summed E-state index contributed by atoms with van der Waals surface area (Å²) in [4.78, 5) is 17.8. The Morgan fingerprint density at radius 2 is 2.12 bits per heavy atom. The fraction of sp³-hybridized carbons (Fsp3) is 0.0714. The van der Waals surface area contributed by atoms with Gasteiger partial charge in [0.1, 0.15) is 17.3 Å². The van der Waals surface area contributed by atoms with Crippen molar-refractivity contribution in [2.75, 3.05) is 5.32 Å². The second-order valence-corrected chi connectivity index (χ2v) is 5.80. The van der Waals surface area contributed by atoms with Crippen LogP contribution in [-0.4, -0.2) is 14.9 Å². The van der Waals surface area contributed by atoms with Gasteiger partial charge in [0, 0.05) is 23.2 Å². The number of fused-ring (bicyclic) bond motifs is 1. The van der Waals surface area contributed by atoms with E-state index in [4.69, 9.17) is 0 Å². The molecule has 0 saturated heterocycles. The van der Waals surface area contributed by atoms with E-state index in [-0.39, 0.29) is 22.1 Å². The molecule has 0 unspecified atom stereocenters. The van der Waals surface area contributed by atoms with Gasteiger partial charge in [-0.3, -0.25) is 10.1 Å². The van der Waals surface area contributed by atoms with Gasteiger partial charge in [0.2, 0.25) is 0 Å². The number of nitrogens with one attached hydrogen (secondary N) is 1. The average Bonchev–Trinajstić information content (AvgIpc) is 2.97. The highest BCUT2D eigenvalue weighted by Crippen LogP contribution is 2.45. The van der Waals surface area contributed by atoms with Gasteiger partial charge < -0.3 is 5.32 Å². The van der Waals surface area contributed by atoms with Gasteiger partial charge in [0.25, 0.3) is 5.69 Å². The Morgan fingerprint density at radius 1 is 1.36 bits per heavy atom. The van der Waals surface area contributed by atoms with Crippen LogP contribution in [-0.2, 0) is 6.18 Å². The summed E-state index contributed by atoms with van der Waals surface area (Å²) >= 11 is 0.989. The molecule has 0 fully saturated rings. The summed E-state index contributed by atoms with van der Waals surface area (Å²) in [6.45, 7) is 0. The van der Waals surface area contributed by atoms with E-state index >= 15 is 0 Å². The largest absolute Gasteiger partial charge is 0.433 e. The van der Waals surface area contributed by atoms with Crippen molar-refractivity contribution in [2.24, 2.45) is 0 Å². The van der Waals surface area contributed by atoms with Crippen LogP contribution in [0.5, 0.6) is 0 Å². The van der Waals surface area contributed by atoms with Crippen LogP contribution in [0.3, 0.4) is 0 Å². The Morgan fingerprint density at radius 3 is 2.76 bits per heavy atom. The highest BCUT2D eigenvalue weighted by molar-refractivity contribution is 8.04. The van der Waals surface area contributed by atoms with Crippen LogP contribution in [0.15, 0.2) is 40.4 Å². The molecule has 0 saturated carbocycles. The van der Waals surface area contributed by atoms with Gasteiger partial charge in [-0.05, 0) is 12.1 Å². The molecule has 0 aliphatic carbocycles. The molecule has 1 aromatic heterocycles. The SMILES string of the molecule is N#C/C(=C1\Nc2ccc([N+](=O)[O-])cc2S1)c1nccc(C(F)(F)F)n1. The van der Waals surface area contributed by atoms with Gasteiger partial charge in [-0.15, -0.1) is 0 Å². The molecule has 0 spiro atoms. The molecule has 0 atom stereocenters. The van der Waals surface area contributed by atoms with Gasteiger partial charge in [0.05, 0.1) is 15.6 Å². The number of nitrogens with zero attached hydrogens (tertiary/aromatic N) is 4. The number of allylic oxidation sites excluding steroid dienone is 1. The van der Waals surface area contributed by atoms with Crippen LogP contribution in [0.1, 0.15) is 11.5 Å². The fourth-order valence-corrected chi connectivity index (χ4v) is 3.05. The number of aromatic nitrogens is 2. The molecule has 1 N–H and O–H groups in total. The quantitative estimate of drug-likeness (QED) is 0.490. The van der Waals surface area contributed by atoms with E-state index in [1.165, 1.54) is 18.2 Å². The van der Waals surface area contributed by atoms with E-state index in [0.29, 0.717) is 16.6 Å². The van der Waals surface area contributed by atoms with Gasteiger partial charge in [-0.1, -0.05) is 11.8 Å². The third kappa shape index (κ3) is 3.24. The maximum atomic E-state index is 12.8. The summed E-state index contributed by atoms with van der Waals surface area (Å²) in [7, 11) is 0. The van der Waals surface area contributed by atoms with E-state index in [1.807, 2.05) is 0 Å². The van der Waals surface area contributed by atoms with Crippen molar-refractivity contribution in [1.82, 2.24) is 9.97 Å². The lowest BCUT2D eigenvalue weighted by Gasteiger charge is -2.07. The third-order valence-corrected chi connectivity index (χ3v) is 4.21. The first-order valence-corrected chi connectivity index (χ1v) is 7.39. The summed E-state index contributed by atoms with van der Waals surface area (Å²) in [5.41, 5.74) is -0.981. The van der Waals surface area contributed by atoms with Gasteiger partial charge >= 0.3 is 6.18 Å². The fourth-order valence-electron chi connectivity index (χ4n) is 2.02. The molecule has 0 amide bonds. The smallest absolute Gasteiger partial charge is 0.348 e. The number of hydrogen-bond donors (Lipinski definition) is 1. The van der Waals surface area contributed by atoms with Crippen LogP contribution in [0.4, 0.5) is 24.5 Å². The topological polar surface area (TPSA) is 105 Å². The standard InChI is InChI=1S/C14H6F3N5O2S/c15-14(16,17)11-3-4-19-12(21-11)8(6-18)13-20-9-2-1-7(22(23)24)5-10(9)25-13/h1-5,20H/b13-8-. The molecule has 1 aliphatic heterocycles. The van der Waals surface area contributed by atoms with E-state index in [9.17, 15) is 28.5 Å². The number of rotatable bonds is 2. The average molecular weight is 365 g/mol. The van der Waals surface area contributed by atoms with Crippen molar-refractivity contribution in [3.05, 3.63) is 57.1 Å². The summed E-state index contributed by atoms with van der Waals surface area (Å²) < 4.78 is 38.3. The normalized spacial score (nSPS) is 15.1. The predicted molar refractivity (Wildman–Crippen MR) is 82.1 cm³/mol. The Kier molecular flexibility index (Phi) is 4.05. The van der Waals surface area contributed by atoms with Crippen LogP contribution >= 0.6 is 11.8 Å². The van der Waals surface area contributed by atoms with Crippen LogP contribution in [0, 0.1) is 21.4 Å². The summed E-state index contributed by atoms with van der Waals surface area (Å²) in [5, 5.41) is 23.2. The van der Waals surface area contributed by atoms with Crippen molar-refractivity contribution in [1.29, 1.82) is 5.26 Å². The second-order valence-electron chi connectivity index (χ2n) is 4.74. The van der Waals surface area contributed by atoms with Crippen molar-refractivity contribution < 1.29 is 18.1 Å². The number of nitriles is 1. The lowest BCUT2D eigenvalue weighted by atomic mass is 10.2. The highest BCUT2D eigenvalue weighted by Gasteiger charge is 2.33. The molecule has 2 heterocycles. The zero-order chi connectivity index (χ0) is 18.2. The molecule has 126 valence electrons. The Balaban J connectivity index is 2.02. The van der Waals surface area contributed by atoms with E-state index in [1.54, 1.807) is 6.07 Å². The van der Waals surface area contributed by atoms with Crippen LogP contribution < -0.4 is 5.32 Å². The van der Waals surface area contributed by atoms with E-state index in [2.05, 4.69) is 15.3 Å². The first kappa shape index (κ1) is 16.7. The Hall–Kier alpha value is -3.13. The molecular weight excluding hydrogens is 359 g/mol. The monoisotopic (exact) mass is 365 g/mol. The lowest BCUT2D eigenvalue weighted by Crippen LogP contribution is -2.10. The zero-order valence-electron chi connectivity index (χ0n) is 12.0. The first-order chi connectivity index (χ1) is 11.8. The second kappa shape index (κ2) is 6.06. The van der Waals surface area contributed by atoms with E-state index < -0.39 is 16.8 Å². The molecule has 2 aromatic rings. The molecule has 1 aromatic carbocycles. The predicted octanol–water partition coefficient (Wildman–Crippen LogP) is 3.81. The zero-order valence-corrected chi connectivity index (χ0v) is 12.9. The highest BCUT2D eigenvalue weighted by atomic mass is 32.2. The van der Waals surface area contributed by atoms with Crippen molar-refractivity contribution in [3.63, 3.8) is 0 Å². The number of nitro groups is 1. The maximum absolute atomic E-state index is 12.8. The summed E-state index contributed by atoms with van der Waals surface area (Å²) in [5.74, 6) is -0.380. The van der Waals surface area contributed by atoms with Crippen LogP contribution in [0.2, 0.25) is 0 Å². The van der Waals surface area contributed by atoms with E-state index in [0.717, 1.165) is 18.0 Å². The summed E-state index contributed by atoms with van der Waals surface area (Å²) in [6, 6.07) is 6.53. The number of benzene rings is 1. The number of alkyl halides is 3. The minimum absolute atomic E-state index is 0.136. The molecular formula is C14H6F3N5O2S. The van der Waals surface area contributed by atoms with Gasteiger partial charge in [0.15, 0.2) is 5.82 Å². The number of nitro benzene ring substituents is 1. The number of non-ortho nitro benzene ring substituents is 1. The summed E-state index contributed by atoms with van der Waals surface area (Å²) in [6.07, 6.45) is -3.75. The van der Waals surface area contributed by atoms with Crippen molar-refractivity contribution in [2.45, 2.75) is 11.1 Å². The lowest BCUT2D eigenvalue weighted by molar-refractivity contribution is -0.385. The Bertz CT molecular complexity index is 952. The molecule has 11 heteroatoms. The number of halogens is 3. The number of hydrogen-bond acceptors (Lipinski definition) is 7.